The smallest absolute Gasteiger partial charge is 0.294 e. The molecule has 0 radical (unpaired) electrons. The Hall–Kier alpha value is -3.47. The maximum Gasteiger partial charge on any atom is 0.294 e. The van der Waals surface area contributed by atoms with Crippen molar-refractivity contribution in [2.45, 2.75) is 6.61 Å². The van der Waals surface area contributed by atoms with Crippen LogP contribution in [0.3, 0.4) is 0 Å². The van der Waals surface area contributed by atoms with Crippen LogP contribution in [0.2, 0.25) is 5.02 Å². The van der Waals surface area contributed by atoms with Crippen molar-refractivity contribution in [3.05, 3.63) is 92.3 Å². The summed E-state index contributed by atoms with van der Waals surface area (Å²) < 4.78 is 12.1. The van der Waals surface area contributed by atoms with Gasteiger partial charge in [0.1, 0.15) is 13.2 Å². The Bertz CT molecular complexity index is 1490. The Morgan fingerprint density at radius 3 is 2.44 bits per heavy atom. The molecule has 11 heteroatoms. The predicted molar refractivity (Wildman–Crippen MR) is 164 cm³/mol. The third kappa shape index (κ3) is 6.72. The average Bonchev–Trinajstić information content (AvgIpc) is 3.24. The van der Waals surface area contributed by atoms with Gasteiger partial charge in [0.2, 0.25) is 5.91 Å². The first-order valence-electron chi connectivity index (χ1n) is 12.9. The zero-order chi connectivity index (χ0) is 28.9. The largest absolute Gasteiger partial charge is 0.493 e. The van der Waals surface area contributed by atoms with Gasteiger partial charge in [0.05, 0.1) is 16.5 Å². The molecule has 2 aliphatic rings. The number of nitrogens with zero attached hydrogens (tertiary/aromatic N) is 3. The molecule has 0 N–H and O–H groups in total. The zero-order valence-corrected chi connectivity index (χ0v) is 25.4. The summed E-state index contributed by atoms with van der Waals surface area (Å²) in [7, 11) is 1.52. The molecule has 3 aromatic carbocycles. The second-order valence-electron chi connectivity index (χ2n) is 9.39. The fourth-order valence-corrected chi connectivity index (χ4v) is 6.21. The lowest BCUT2D eigenvalue weighted by atomic mass is 10.1. The Morgan fingerprint density at radius 1 is 1.02 bits per heavy atom. The molecule has 3 aromatic rings. The van der Waals surface area contributed by atoms with Crippen LogP contribution in [0, 0.1) is 0 Å². The van der Waals surface area contributed by atoms with Gasteiger partial charge >= 0.3 is 0 Å². The molecule has 0 unspecified atom stereocenters. The molecular weight excluding hydrogens is 630 g/mol. The summed E-state index contributed by atoms with van der Waals surface area (Å²) in [5, 5.41) is 0.131. The molecule has 0 aromatic heterocycles. The summed E-state index contributed by atoms with van der Waals surface area (Å²) >= 11 is 10.6. The van der Waals surface area contributed by atoms with Crippen molar-refractivity contribution in [3.8, 4) is 11.5 Å². The topological polar surface area (TPSA) is 79.4 Å². The molecule has 212 valence electrons. The van der Waals surface area contributed by atoms with Crippen LogP contribution in [-0.4, -0.2) is 66.7 Å². The number of piperazine rings is 1. The number of imide groups is 1. The van der Waals surface area contributed by atoms with Crippen molar-refractivity contribution < 1.29 is 23.9 Å². The van der Waals surface area contributed by atoms with Crippen molar-refractivity contribution >= 4 is 68.1 Å². The third-order valence-corrected chi connectivity index (χ3v) is 8.67. The van der Waals surface area contributed by atoms with E-state index < -0.39 is 11.1 Å². The molecule has 2 saturated heterocycles. The lowest BCUT2D eigenvalue weighted by molar-refractivity contribution is -0.136. The Labute approximate surface area is 256 Å². The molecule has 5 rings (SSSR count). The van der Waals surface area contributed by atoms with Crippen LogP contribution in [0.25, 0.3) is 6.08 Å². The molecule has 0 aliphatic carbocycles. The Kier molecular flexibility index (Phi) is 9.22. The van der Waals surface area contributed by atoms with Gasteiger partial charge in [-0.05, 0) is 69.7 Å². The monoisotopic (exact) mass is 655 g/mol. The minimum absolute atomic E-state index is 0.232. The van der Waals surface area contributed by atoms with Gasteiger partial charge < -0.3 is 19.3 Å². The van der Waals surface area contributed by atoms with Crippen molar-refractivity contribution in [1.29, 1.82) is 0 Å². The van der Waals surface area contributed by atoms with Crippen molar-refractivity contribution in [1.82, 2.24) is 9.80 Å². The number of amides is 3. The molecule has 3 amide bonds. The SMILES string of the molecule is COc1cc(/C=C2\SC(=O)N(CC(=O)N3CCN(c4ccccc4)CC3)C2=O)cc(Br)c1OCc1ccccc1Cl. The van der Waals surface area contributed by atoms with Crippen LogP contribution in [-0.2, 0) is 16.2 Å². The minimum Gasteiger partial charge on any atom is -0.493 e. The van der Waals surface area contributed by atoms with Crippen molar-refractivity contribution in [2.75, 3.05) is 44.7 Å². The van der Waals surface area contributed by atoms with E-state index >= 15 is 0 Å². The first-order valence-corrected chi connectivity index (χ1v) is 14.9. The highest BCUT2D eigenvalue weighted by atomic mass is 79.9. The second-order valence-corrected chi connectivity index (χ2v) is 11.6. The molecule has 0 saturated carbocycles. The summed E-state index contributed by atoms with van der Waals surface area (Å²) in [4.78, 5) is 44.0. The summed E-state index contributed by atoms with van der Waals surface area (Å²) in [5.41, 5.74) is 2.57. The second kappa shape index (κ2) is 13.0. The fourth-order valence-electron chi connectivity index (χ4n) is 4.60. The normalized spacial score (nSPS) is 16.5. The van der Waals surface area contributed by atoms with Crippen LogP contribution < -0.4 is 14.4 Å². The van der Waals surface area contributed by atoms with Gasteiger partial charge in [0, 0.05) is 42.5 Å². The highest BCUT2D eigenvalue weighted by Crippen LogP contribution is 2.39. The highest BCUT2D eigenvalue weighted by Gasteiger charge is 2.37. The highest BCUT2D eigenvalue weighted by molar-refractivity contribution is 9.10. The first kappa shape index (κ1) is 29.0. The number of ether oxygens (including phenoxy) is 2. The molecule has 0 bridgehead atoms. The number of hydrogen-bond donors (Lipinski definition) is 0. The maximum atomic E-state index is 13.1. The average molecular weight is 657 g/mol. The lowest BCUT2D eigenvalue weighted by Crippen LogP contribution is -2.51. The Balaban J connectivity index is 1.23. The first-order chi connectivity index (χ1) is 19.8. The van der Waals surface area contributed by atoms with Gasteiger partial charge in [0.25, 0.3) is 11.1 Å². The number of hydrogen-bond acceptors (Lipinski definition) is 7. The van der Waals surface area contributed by atoms with E-state index in [2.05, 4.69) is 20.8 Å². The number of anilines is 1. The summed E-state index contributed by atoms with van der Waals surface area (Å²) in [6.45, 7) is 2.38. The number of para-hydroxylation sites is 1. The number of thioether (sulfide) groups is 1. The summed E-state index contributed by atoms with van der Waals surface area (Å²) in [6.07, 6.45) is 1.61. The molecule has 0 atom stereocenters. The van der Waals surface area contributed by atoms with E-state index in [1.165, 1.54) is 7.11 Å². The van der Waals surface area contributed by atoms with E-state index in [4.69, 9.17) is 21.1 Å². The number of benzene rings is 3. The van der Waals surface area contributed by atoms with Gasteiger partial charge in [-0.25, -0.2) is 0 Å². The van der Waals surface area contributed by atoms with E-state index in [1.54, 1.807) is 29.2 Å². The van der Waals surface area contributed by atoms with Crippen LogP contribution in [0.15, 0.2) is 76.1 Å². The minimum atomic E-state index is -0.495. The zero-order valence-electron chi connectivity index (χ0n) is 22.2. The molecule has 2 heterocycles. The van der Waals surface area contributed by atoms with E-state index in [0.29, 0.717) is 52.7 Å². The number of halogens is 2. The molecule has 8 nitrogen and oxygen atoms in total. The quantitative estimate of drug-likeness (QED) is 0.272. The van der Waals surface area contributed by atoms with Gasteiger partial charge in [-0.1, -0.05) is 48.0 Å². The number of methoxy groups -OCH3 is 1. The molecule has 2 aliphatic heterocycles. The predicted octanol–water partition coefficient (Wildman–Crippen LogP) is 6.08. The summed E-state index contributed by atoms with van der Waals surface area (Å²) in [5.74, 6) is 0.188. The Morgan fingerprint density at radius 2 is 1.73 bits per heavy atom. The molecule has 2 fully saturated rings. The van der Waals surface area contributed by atoms with Gasteiger partial charge in [-0.15, -0.1) is 0 Å². The van der Waals surface area contributed by atoms with Crippen molar-refractivity contribution in [2.24, 2.45) is 0 Å². The molecule has 0 spiro atoms. The van der Waals surface area contributed by atoms with Crippen LogP contribution in [0.1, 0.15) is 11.1 Å². The third-order valence-electron chi connectivity index (χ3n) is 6.80. The maximum absolute atomic E-state index is 13.1. The molecule has 41 heavy (non-hydrogen) atoms. The van der Waals surface area contributed by atoms with Crippen LogP contribution in [0.4, 0.5) is 10.5 Å². The van der Waals surface area contributed by atoms with Crippen LogP contribution >= 0.6 is 39.3 Å². The number of carbonyl (C=O) groups is 3. The van der Waals surface area contributed by atoms with E-state index in [1.807, 2.05) is 48.5 Å². The number of rotatable bonds is 8. The fraction of sp³-hybridized carbons (Fsp3) is 0.233. The standard InChI is InChI=1S/C30H27BrClN3O5S/c1-39-25-16-20(15-23(31)28(25)40-19-21-7-5-6-10-24(21)32)17-26-29(37)35(30(38)41-26)18-27(36)34-13-11-33(12-14-34)22-8-3-2-4-9-22/h2-10,15-17H,11-14,18-19H2,1H3/b26-17-. The summed E-state index contributed by atoms with van der Waals surface area (Å²) in [6, 6.07) is 20.9. The van der Waals surface area contributed by atoms with Gasteiger partial charge in [-0.3, -0.25) is 19.3 Å². The van der Waals surface area contributed by atoms with E-state index in [-0.39, 0.29) is 24.0 Å². The lowest BCUT2D eigenvalue weighted by Gasteiger charge is -2.36. The number of carbonyl (C=O) groups excluding carboxylic acids is 3. The van der Waals surface area contributed by atoms with Crippen molar-refractivity contribution in [3.63, 3.8) is 0 Å². The molecular formula is C30H27BrClN3O5S. The van der Waals surface area contributed by atoms with Gasteiger partial charge in [0.15, 0.2) is 11.5 Å². The van der Waals surface area contributed by atoms with Gasteiger partial charge in [-0.2, -0.15) is 0 Å². The van der Waals surface area contributed by atoms with E-state index in [0.717, 1.165) is 27.9 Å². The van der Waals surface area contributed by atoms with Crippen LogP contribution in [0.5, 0.6) is 11.5 Å². The van der Waals surface area contributed by atoms with E-state index in [9.17, 15) is 14.4 Å².